The molecule has 0 aromatic heterocycles. The van der Waals surface area contributed by atoms with E-state index < -0.39 is 4.92 Å². The first-order chi connectivity index (χ1) is 9.93. The molecule has 2 rings (SSSR count). The number of rotatable bonds is 4. The number of nitro groups is 1. The van der Waals surface area contributed by atoms with Gasteiger partial charge in [-0.25, -0.2) is 0 Å². The van der Waals surface area contributed by atoms with E-state index in [2.05, 4.69) is 0 Å². The second kappa shape index (κ2) is 6.49. The van der Waals surface area contributed by atoms with E-state index in [0.29, 0.717) is 10.6 Å². The lowest BCUT2D eigenvalue weighted by atomic mass is 10.2. The number of hydrogen-bond donors (Lipinski definition) is 1. The number of benzene rings is 2. The first-order valence-corrected chi connectivity index (χ1v) is 6.77. The minimum atomic E-state index is -0.611. The van der Waals surface area contributed by atoms with Gasteiger partial charge in [0.15, 0.2) is 5.75 Å². The first kappa shape index (κ1) is 15.9. The van der Waals surface area contributed by atoms with Crippen molar-refractivity contribution in [2.24, 2.45) is 0 Å². The van der Waals surface area contributed by atoms with Crippen LogP contribution in [0.15, 0.2) is 30.3 Å². The molecular formula is C13H8Cl3NO4. The Hall–Kier alpha value is -1.53. The summed E-state index contributed by atoms with van der Waals surface area (Å²) in [6.07, 6.45) is 0. The number of non-ortho nitro benzene ring substituents is 1. The Kier molecular flexibility index (Phi) is 4.90. The van der Waals surface area contributed by atoms with Crippen LogP contribution in [0, 0.1) is 10.1 Å². The van der Waals surface area contributed by atoms with Crippen molar-refractivity contribution in [3.63, 3.8) is 0 Å². The third kappa shape index (κ3) is 3.39. The standard InChI is InChI=1S/C13H8Cl3NO4/c14-9-2-1-3-12(8(9)6-18)21-13-10(15)4-7(17(19)20)5-11(13)16/h1-5,18H,6H2. The van der Waals surface area contributed by atoms with Gasteiger partial charge >= 0.3 is 0 Å². The number of aliphatic hydroxyl groups excluding tert-OH is 1. The molecule has 2 aromatic rings. The second-order valence-corrected chi connectivity index (χ2v) is 5.19. The van der Waals surface area contributed by atoms with Crippen molar-refractivity contribution in [1.29, 1.82) is 0 Å². The molecule has 0 fully saturated rings. The summed E-state index contributed by atoms with van der Waals surface area (Å²) in [5.41, 5.74) is 0.121. The monoisotopic (exact) mass is 347 g/mol. The van der Waals surface area contributed by atoms with Crippen LogP contribution in [0.2, 0.25) is 15.1 Å². The molecule has 2 aromatic carbocycles. The van der Waals surface area contributed by atoms with E-state index in [1.54, 1.807) is 18.2 Å². The zero-order valence-corrected chi connectivity index (χ0v) is 12.6. The molecule has 0 atom stereocenters. The molecule has 1 N–H and O–H groups in total. The zero-order valence-electron chi connectivity index (χ0n) is 10.3. The topological polar surface area (TPSA) is 72.6 Å². The second-order valence-electron chi connectivity index (χ2n) is 3.97. The molecule has 0 aliphatic carbocycles. The average molecular weight is 349 g/mol. The van der Waals surface area contributed by atoms with Crippen LogP contribution in [0.5, 0.6) is 11.5 Å². The largest absolute Gasteiger partial charge is 0.454 e. The van der Waals surface area contributed by atoms with E-state index in [9.17, 15) is 15.2 Å². The fourth-order valence-corrected chi connectivity index (χ4v) is 2.43. The lowest BCUT2D eigenvalue weighted by molar-refractivity contribution is -0.384. The van der Waals surface area contributed by atoms with Crippen LogP contribution < -0.4 is 4.74 Å². The highest BCUT2D eigenvalue weighted by molar-refractivity contribution is 6.37. The van der Waals surface area contributed by atoms with Crippen molar-refractivity contribution in [2.75, 3.05) is 0 Å². The average Bonchev–Trinajstić information content (AvgIpc) is 2.42. The van der Waals surface area contributed by atoms with Crippen LogP contribution in [-0.4, -0.2) is 10.0 Å². The highest BCUT2D eigenvalue weighted by Gasteiger charge is 2.18. The molecule has 0 aliphatic rings. The van der Waals surface area contributed by atoms with Crippen molar-refractivity contribution < 1.29 is 14.8 Å². The van der Waals surface area contributed by atoms with Gasteiger partial charge in [0.05, 0.1) is 21.6 Å². The highest BCUT2D eigenvalue weighted by atomic mass is 35.5. The molecule has 0 aliphatic heterocycles. The maximum Gasteiger partial charge on any atom is 0.272 e. The van der Waals surface area contributed by atoms with E-state index >= 15 is 0 Å². The number of aliphatic hydroxyl groups is 1. The van der Waals surface area contributed by atoms with Crippen LogP contribution in [0.1, 0.15) is 5.56 Å². The molecule has 0 spiro atoms. The maximum absolute atomic E-state index is 10.7. The molecule has 5 nitrogen and oxygen atoms in total. The van der Waals surface area contributed by atoms with Gasteiger partial charge in [0.2, 0.25) is 0 Å². The number of nitro benzene ring substituents is 1. The Morgan fingerprint density at radius 1 is 1.14 bits per heavy atom. The van der Waals surface area contributed by atoms with Gasteiger partial charge in [-0.05, 0) is 12.1 Å². The third-order valence-electron chi connectivity index (χ3n) is 2.64. The number of hydrogen-bond acceptors (Lipinski definition) is 4. The molecule has 0 bridgehead atoms. The van der Waals surface area contributed by atoms with Crippen molar-refractivity contribution in [3.05, 3.63) is 61.1 Å². The van der Waals surface area contributed by atoms with Crippen molar-refractivity contribution >= 4 is 40.5 Å². The van der Waals surface area contributed by atoms with Crippen molar-refractivity contribution in [3.8, 4) is 11.5 Å². The fourth-order valence-electron chi connectivity index (χ4n) is 1.65. The SMILES string of the molecule is O=[N+]([O-])c1cc(Cl)c(Oc2cccc(Cl)c2CO)c(Cl)c1. The van der Waals surface area contributed by atoms with Crippen molar-refractivity contribution in [2.45, 2.75) is 6.61 Å². The summed E-state index contributed by atoms with van der Waals surface area (Å²) in [7, 11) is 0. The van der Waals surface area contributed by atoms with Gasteiger partial charge < -0.3 is 9.84 Å². The first-order valence-electron chi connectivity index (χ1n) is 5.63. The van der Waals surface area contributed by atoms with Crippen LogP contribution in [0.4, 0.5) is 5.69 Å². The molecule has 110 valence electrons. The summed E-state index contributed by atoms with van der Waals surface area (Å²) in [6, 6.07) is 7.06. The number of ether oxygens (including phenoxy) is 1. The Labute approximate surface area is 134 Å². The number of halogens is 3. The van der Waals surface area contributed by atoms with Crippen molar-refractivity contribution in [1.82, 2.24) is 0 Å². The van der Waals surface area contributed by atoms with Gasteiger partial charge in [-0.2, -0.15) is 0 Å². The molecule has 0 radical (unpaired) electrons. The van der Waals surface area contributed by atoms with E-state index in [0.717, 1.165) is 12.1 Å². The van der Waals surface area contributed by atoms with E-state index in [1.165, 1.54) is 0 Å². The highest BCUT2D eigenvalue weighted by Crippen LogP contribution is 2.41. The zero-order chi connectivity index (χ0) is 15.6. The van der Waals surface area contributed by atoms with Gasteiger partial charge in [-0.15, -0.1) is 0 Å². The minimum absolute atomic E-state index is 0.0157. The molecule has 0 amide bonds. The Morgan fingerprint density at radius 2 is 1.76 bits per heavy atom. The quantitative estimate of drug-likeness (QED) is 0.634. The van der Waals surface area contributed by atoms with Gasteiger partial charge in [-0.3, -0.25) is 10.1 Å². The van der Waals surface area contributed by atoms with E-state index in [-0.39, 0.29) is 33.8 Å². The Balaban J connectivity index is 2.45. The number of nitrogens with zero attached hydrogens (tertiary/aromatic N) is 1. The molecule has 0 unspecified atom stereocenters. The van der Waals surface area contributed by atoms with Crippen LogP contribution >= 0.6 is 34.8 Å². The summed E-state index contributed by atoms with van der Waals surface area (Å²) in [5, 5.41) is 20.3. The summed E-state index contributed by atoms with van der Waals surface area (Å²) in [5.74, 6) is 0.323. The Morgan fingerprint density at radius 3 is 2.29 bits per heavy atom. The summed E-state index contributed by atoms with van der Waals surface area (Å²) >= 11 is 17.9. The lowest BCUT2D eigenvalue weighted by Crippen LogP contribution is -1.95. The Bertz CT molecular complexity index is 683. The smallest absolute Gasteiger partial charge is 0.272 e. The molecule has 0 saturated carbocycles. The third-order valence-corrected chi connectivity index (χ3v) is 3.56. The maximum atomic E-state index is 10.7. The fraction of sp³-hybridized carbons (Fsp3) is 0.0769. The summed E-state index contributed by atoms with van der Waals surface area (Å²) in [4.78, 5) is 10.1. The predicted octanol–water partition coefficient (Wildman–Crippen LogP) is 4.84. The lowest BCUT2D eigenvalue weighted by Gasteiger charge is -2.13. The van der Waals surface area contributed by atoms with Gasteiger partial charge in [0, 0.05) is 22.7 Å². The van der Waals surface area contributed by atoms with Crippen LogP contribution in [0.3, 0.4) is 0 Å². The predicted molar refractivity (Wildman–Crippen MR) is 80.6 cm³/mol. The van der Waals surface area contributed by atoms with E-state index in [4.69, 9.17) is 39.5 Å². The normalized spacial score (nSPS) is 10.5. The molecule has 0 saturated heterocycles. The molecule has 21 heavy (non-hydrogen) atoms. The van der Waals surface area contributed by atoms with E-state index in [1.807, 2.05) is 0 Å². The van der Waals surface area contributed by atoms with Crippen LogP contribution in [-0.2, 0) is 6.61 Å². The minimum Gasteiger partial charge on any atom is -0.454 e. The van der Waals surface area contributed by atoms with Gasteiger partial charge in [0.1, 0.15) is 5.75 Å². The molecule has 0 heterocycles. The van der Waals surface area contributed by atoms with Gasteiger partial charge in [-0.1, -0.05) is 40.9 Å². The molecular weight excluding hydrogens is 341 g/mol. The summed E-state index contributed by atoms with van der Waals surface area (Å²) in [6.45, 7) is -0.336. The summed E-state index contributed by atoms with van der Waals surface area (Å²) < 4.78 is 5.55. The van der Waals surface area contributed by atoms with Crippen LogP contribution in [0.25, 0.3) is 0 Å². The molecule has 8 heteroatoms. The van der Waals surface area contributed by atoms with Gasteiger partial charge in [0.25, 0.3) is 5.69 Å².